The maximum absolute atomic E-state index is 3.74. The van der Waals surface area contributed by atoms with E-state index in [0.29, 0.717) is 6.04 Å². The monoisotopic (exact) mass is 240 g/mol. The van der Waals surface area contributed by atoms with E-state index in [1.165, 1.54) is 51.9 Å². The molecule has 1 saturated heterocycles. The van der Waals surface area contributed by atoms with Gasteiger partial charge >= 0.3 is 0 Å². The van der Waals surface area contributed by atoms with Crippen LogP contribution in [0.4, 0.5) is 0 Å². The standard InChI is InChI=1S/C15H32N2/c1-5-9-16-15(13(4)6-2)12-17-10-8-14(7-3)11-17/h13-16H,5-12H2,1-4H3. The van der Waals surface area contributed by atoms with E-state index < -0.39 is 0 Å². The quantitative estimate of drug-likeness (QED) is 0.701. The fraction of sp³-hybridized carbons (Fsp3) is 1.00. The molecular weight excluding hydrogens is 208 g/mol. The molecule has 0 amide bonds. The summed E-state index contributed by atoms with van der Waals surface area (Å²) in [4.78, 5) is 2.67. The molecule has 3 unspecified atom stereocenters. The Kier molecular flexibility index (Phi) is 7.14. The Balaban J connectivity index is 2.37. The molecule has 0 spiro atoms. The topological polar surface area (TPSA) is 15.3 Å². The van der Waals surface area contributed by atoms with Gasteiger partial charge in [-0.1, -0.05) is 40.5 Å². The second-order valence-electron chi connectivity index (χ2n) is 5.77. The van der Waals surface area contributed by atoms with Crippen LogP contribution in [0.2, 0.25) is 0 Å². The fourth-order valence-corrected chi connectivity index (χ4v) is 2.75. The second kappa shape index (κ2) is 8.10. The molecule has 1 rings (SSSR count). The maximum atomic E-state index is 3.74. The lowest BCUT2D eigenvalue weighted by Crippen LogP contribution is -2.44. The first-order valence-corrected chi connectivity index (χ1v) is 7.66. The summed E-state index contributed by atoms with van der Waals surface area (Å²) in [5.74, 6) is 1.75. The van der Waals surface area contributed by atoms with Crippen LogP contribution in [0.1, 0.15) is 53.4 Å². The lowest BCUT2D eigenvalue weighted by atomic mass is 9.98. The van der Waals surface area contributed by atoms with Crippen LogP contribution >= 0.6 is 0 Å². The van der Waals surface area contributed by atoms with E-state index in [4.69, 9.17) is 0 Å². The lowest BCUT2D eigenvalue weighted by Gasteiger charge is -2.29. The van der Waals surface area contributed by atoms with Gasteiger partial charge in [-0.15, -0.1) is 0 Å². The summed E-state index contributed by atoms with van der Waals surface area (Å²) in [5.41, 5.74) is 0. The van der Waals surface area contributed by atoms with Gasteiger partial charge in [0.05, 0.1) is 0 Å². The van der Waals surface area contributed by atoms with Crippen LogP contribution in [0.15, 0.2) is 0 Å². The largest absolute Gasteiger partial charge is 0.312 e. The second-order valence-corrected chi connectivity index (χ2v) is 5.77. The maximum Gasteiger partial charge on any atom is 0.0220 e. The van der Waals surface area contributed by atoms with Gasteiger partial charge in [0.15, 0.2) is 0 Å². The van der Waals surface area contributed by atoms with Crippen LogP contribution in [0.3, 0.4) is 0 Å². The van der Waals surface area contributed by atoms with E-state index in [2.05, 4.69) is 37.9 Å². The van der Waals surface area contributed by atoms with Gasteiger partial charge in [0.25, 0.3) is 0 Å². The van der Waals surface area contributed by atoms with Crippen LogP contribution in [0.25, 0.3) is 0 Å². The van der Waals surface area contributed by atoms with E-state index in [-0.39, 0.29) is 0 Å². The lowest BCUT2D eigenvalue weighted by molar-refractivity contribution is 0.238. The van der Waals surface area contributed by atoms with Crippen LogP contribution in [0, 0.1) is 11.8 Å². The normalized spacial score (nSPS) is 25.1. The zero-order valence-corrected chi connectivity index (χ0v) is 12.3. The predicted octanol–water partition coefficient (Wildman–Crippen LogP) is 3.13. The SMILES string of the molecule is CCCNC(CN1CCC(CC)C1)C(C)CC. The van der Waals surface area contributed by atoms with E-state index >= 15 is 0 Å². The number of rotatable bonds is 8. The minimum Gasteiger partial charge on any atom is -0.312 e. The van der Waals surface area contributed by atoms with Gasteiger partial charge in [0.2, 0.25) is 0 Å². The van der Waals surface area contributed by atoms with E-state index in [9.17, 15) is 0 Å². The molecule has 1 fully saturated rings. The van der Waals surface area contributed by atoms with Crippen molar-refractivity contribution < 1.29 is 0 Å². The first-order chi connectivity index (χ1) is 8.21. The fourth-order valence-electron chi connectivity index (χ4n) is 2.75. The third-order valence-electron chi connectivity index (χ3n) is 4.39. The Hall–Kier alpha value is -0.0800. The number of likely N-dealkylation sites (tertiary alicyclic amines) is 1. The summed E-state index contributed by atoms with van der Waals surface area (Å²) in [6.07, 6.45) is 5.29. The zero-order chi connectivity index (χ0) is 12.7. The van der Waals surface area contributed by atoms with Crippen LogP contribution in [-0.2, 0) is 0 Å². The molecule has 3 atom stereocenters. The number of nitrogens with zero attached hydrogens (tertiary/aromatic N) is 1. The Morgan fingerprint density at radius 3 is 2.59 bits per heavy atom. The minimum absolute atomic E-state index is 0.690. The Bertz CT molecular complexity index is 193. The number of hydrogen-bond donors (Lipinski definition) is 1. The highest BCUT2D eigenvalue weighted by Gasteiger charge is 2.25. The molecule has 0 aliphatic carbocycles. The molecule has 1 aliphatic rings. The van der Waals surface area contributed by atoms with Crippen molar-refractivity contribution in [2.45, 2.75) is 59.4 Å². The molecule has 0 bridgehead atoms. The third-order valence-corrected chi connectivity index (χ3v) is 4.39. The first kappa shape index (κ1) is 15.0. The number of nitrogens with one attached hydrogen (secondary N) is 1. The van der Waals surface area contributed by atoms with Crippen molar-refractivity contribution in [1.82, 2.24) is 10.2 Å². The zero-order valence-electron chi connectivity index (χ0n) is 12.3. The molecule has 2 heteroatoms. The van der Waals surface area contributed by atoms with Gasteiger partial charge in [-0.2, -0.15) is 0 Å². The minimum atomic E-state index is 0.690. The predicted molar refractivity (Wildman–Crippen MR) is 76.4 cm³/mol. The molecule has 1 N–H and O–H groups in total. The van der Waals surface area contributed by atoms with Crippen molar-refractivity contribution in [1.29, 1.82) is 0 Å². The highest BCUT2D eigenvalue weighted by molar-refractivity contribution is 4.81. The van der Waals surface area contributed by atoms with E-state index in [1.54, 1.807) is 0 Å². The van der Waals surface area contributed by atoms with Crippen molar-refractivity contribution in [3.05, 3.63) is 0 Å². The van der Waals surface area contributed by atoms with Crippen molar-refractivity contribution in [3.8, 4) is 0 Å². The summed E-state index contributed by atoms with van der Waals surface area (Å²) in [6, 6.07) is 0.690. The Labute approximate surface area is 108 Å². The van der Waals surface area contributed by atoms with Crippen molar-refractivity contribution in [2.75, 3.05) is 26.2 Å². The molecule has 2 nitrogen and oxygen atoms in total. The molecule has 0 radical (unpaired) electrons. The molecule has 0 aromatic heterocycles. The molecule has 1 heterocycles. The molecule has 0 saturated carbocycles. The third kappa shape index (κ3) is 4.97. The van der Waals surface area contributed by atoms with Gasteiger partial charge in [-0.3, -0.25) is 0 Å². The first-order valence-electron chi connectivity index (χ1n) is 7.66. The van der Waals surface area contributed by atoms with Gasteiger partial charge in [0.1, 0.15) is 0 Å². The highest BCUT2D eigenvalue weighted by Crippen LogP contribution is 2.20. The molecule has 0 aromatic carbocycles. The van der Waals surface area contributed by atoms with Crippen LogP contribution < -0.4 is 5.32 Å². The molecule has 17 heavy (non-hydrogen) atoms. The van der Waals surface area contributed by atoms with Gasteiger partial charge < -0.3 is 10.2 Å². The van der Waals surface area contributed by atoms with E-state index in [0.717, 1.165) is 11.8 Å². The molecule has 0 aromatic rings. The van der Waals surface area contributed by atoms with Gasteiger partial charge in [-0.25, -0.2) is 0 Å². The average molecular weight is 240 g/mol. The molecular formula is C15H32N2. The Morgan fingerprint density at radius 2 is 2.06 bits per heavy atom. The summed E-state index contributed by atoms with van der Waals surface area (Å²) in [6.45, 7) is 14.4. The van der Waals surface area contributed by atoms with Crippen LogP contribution in [0.5, 0.6) is 0 Å². The summed E-state index contributed by atoms with van der Waals surface area (Å²) in [5, 5.41) is 3.74. The molecule has 102 valence electrons. The van der Waals surface area contributed by atoms with E-state index in [1.807, 2.05) is 0 Å². The summed E-state index contributed by atoms with van der Waals surface area (Å²) < 4.78 is 0. The van der Waals surface area contributed by atoms with Gasteiger partial charge in [-0.05, 0) is 37.8 Å². The highest BCUT2D eigenvalue weighted by atomic mass is 15.2. The number of hydrogen-bond acceptors (Lipinski definition) is 2. The van der Waals surface area contributed by atoms with Crippen molar-refractivity contribution >= 4 is 0 Å². The smallest absolute Gasteiger partial charge is 0.0220 e. The van der Waals surface area contributed by atoms with Crippen LogP contribution in [-0.4, -0.2) is 37.1 Å². The van der Waals surface area contributed by atoms with Crippen molar-refractivity contribution in [3.63, 3.8) is 0 Å². The average Bonchev–Trinajstić information content (AvgIpc) is 2.81. The summed E-state index contributed by atoms with van der Waals surface area (Å²) in [7, 11) is 0. The Morgan fingerprint density at radius 1 is 1.29 bits per heavy atom. The van der Waals surface area contributed by atoms with Crippen molar-refractivity contribution in [2.24, 2.45) is 11.8 Å². The summed E-state index contributed by atoms with van der Waals surface area (Å²) >= 11 is 0. The molecule has 1 aliphatic heterocycles. The van der Waals surface area contributed by atoms with Gasteiger partial charge in [0, 0.05) is 19.1 Å².